The predicted molar refractivity (Wildman–Crippen MR) is 42.5 cm³/mol. The van der Waals surface area contributed by atoms with Crippen LogP contribution in [0.1, 0.15) is 12.8 Å². The number of nitrogens with zero attached hydrogens (tertiary/aromatic N) is 1. The van der Waals surface area contributed by atoms with Gasteiger partial charge in [-0.15, -0.1) is 0 Å². The van der Waals surface area contributed by atoms with Crippen LogP contribution in [-0.4, -0.2) is 35.8 Å². The molecule has 0 radical (unpaired) electrons. The Labute approximate surface area is 55.5 Å². The van der Waals surface area contributed by atoms with E-state index in [1.807, 2.05) is 0 Å². The van der Waals surface area contributed by atoms with Gasteiger partial charge in [-0.2, -0.15) is 0 Å². The zero-order valence-corrected chi connectivity index (χ0v) is 8.28. The molecule has 0 aliphatic rings. The van der Waals surface area contributed by atoms with E-state index in [-0.39, 0.29) is 0 Å². The van der Waals surface area contributed by atoms with Crippen molar-refractivity contribution in [3.63, 3.8) is 0 Å². The van der Waals surface area contributed by atoms with E-state index in [2.05, 4.69) is 19.0 Å². The molecular weight excluding hydrogens is 114 g/mol. The average molecular weight is 131 g/mol. The summed E-state index contributed by atoms with van der Waals surface area (Å²) >= 11 is 0. The Kier molecular flexibility index (Phi) is 5.43. The van der Waals surface area contributed by atoms with E-state index < -0.39 is 0 Å². The van der Waals surface area contributed by atoms with Gasteiger partial charge in [-0.05, 0) is 27.1 Å². The molecule has 0 saturated heterocycles. The lowest BCUT2D eigenvalue weighted by Crippen LogP contribution is -2.12. The van der Waals surface area contributed by atoms with Crippen LogP contribution in [0.3, 0.4) is 0 Å². The maximum absolute atomic E-state index is 2.25. The highest BCUT2D eigenvalue weighted by Gasteiger charge is 1.86. The minimum atomic E-state index is 1.27. The Hall–Kier alpha value is 0.177. The van der Waals surface area contributed by atoms with Gasteiger partial charge >= 0.3 is 0 Å². The highest BCUT2D eigenvalue weighted by Crippen LogP contribution is 1.92. The topological polar surface area (TPSA) is 3.24 Å². The molecule has 0 unspecified atom stereocenters. The van der Waals surface area contributed by atoms with E-state index in [9.17, 15) is 0 Å². The third-order valence-corrected chi connectivity index (χ3v) is 1.92. The smallest absolute Gasteiger partial charge is 0.00279 e. The molecule has 0 aromatic carbocycles. The number of hydrogen-bond donors (Lipinski definition) is 0. The van der Waals surface area contributed by atoms with Gasteiger partial charge < -0.3 is 4.90 Å². The molecule has 0 N–H and O–H groups in total. The molecule has 50 valence electrons. The second-order valence-corrected chi connectivity index (χ2v) is 3.51. The summed E-state index contributed by atoms with van der Waals surface area (Å²) in [5, 5.41) is 0. The molecule has 0 aromatic heterocycles. The van der Waals surface area contributed by atoms with Gasteiger partial charge in [-0.3, -0.25) is 0 Å². The molecule has 2 heteroatoms. The molecule has 0 fully saturated rings. The normalized spacial score (nSPS) is 10.9. The third-order valence-electron chi connectivity index (χ3n) is 1.21. The van der Waals surface area contributed by atoms with E-state index in [1.54, 1.807) is 0 Å². The number of hydrogen-bond acceptors (Lipinski definition) is 1. The molecule has 0 saturated carbocycles. The maximum Gasteiger partial charge on any atom is 0.00279 e. The van der Waals surface area contributed by atoms with Crippen molar-refractivity contribution in [3.8, 4) is 0 Å². The Bertz CT molecular complexity index is 45.8. The molecular formula is C6H17NSi. The number of rotatable bonds is 4. The molecule has 8 heavy (non-hydrogen) atoms. The van der Waals surface area contributed by atoms with E-state index in [4.69, 9.17) is 0 Å². The quantitative estimate of drug-likeness (QED) is 0.387. The van der Waals surface area contributed by atoms with E-state index in [0.29, 0.717) is 0 Å². The van der Waals surface area contributed by atoms with Crippen LogP contribution in [0.15, 0.2) is 0 Å². The van der Waals surface area contributed by atoms with Crippen LogP contribution in [-0.2, 0) is 0 Å². The van der Waals surface area contributed by atoms with Gasteiger partial charge in [0.05, 0.1) is 0 Å². The Balaban J connectivity index is 2.72. The van der Waals surface area contributed by atoms with E-state index in [1.165, 1.54) is 35.7 Å². The van der Waals surface area contributed by atoms with Gasteiger partial charge in [0.1, 0.15) is 0 Å². The second-order valence-electron chi connectivity index (χ2n) is 2.51. The first kappa shape index (κ1) is 8.18. The summed E-state index contributed by atoms with van der Waals surface area (Å²) in [6.45, 7) is 1.27. The van der Waals surface area contributed by atoms with Crippen LogP contribution in [0.5, 0.6) is 0 Å². The minimum Gasteiger partial charge on any atom is -0.309 e. The fourth-order valence-corrected chi connectivity index (χ4v) is 1.18. The fraction of sp³-hybridized carbons (Fsp3) is 1.00. The van der Waals surface area contributed by atoms with Crippen LogP contribution in [0, 0.1) is 0 Å². The first-order chi connectivity index (χ1) is 3.77. The lowest BCUT2D eigenvalue weighted by Gasteiger charge is -2.06. The summed E-state index contributed by atoms with van der Waals surface area (Å²) in [5.41, 5.74) is 0. The number of unbranched alkanes of at least 4 members (excludes halogenated alkanes) is 1. The van der Waals surface area contributed by atoms with Crippen LogP contribution >= 0.6 is 0 Å². The molecule has 0 bridgehead atoms. The fourth-order valence-electron chi connectivity index (χ4n) is 0.678. The standard InChI is InChI=1S/C6H17NSi/c1-7(2)5-3-4-6-8/h3-6H2,1-2,8H3. The molecule has 0 amide bonds. The van der Waals surface area contributed by atoms with E-state index >= 15 is 0 Å². The van der Waals surface area contributed by atoms with Gasteiger partial charge in [-0.25, -0.2) is 0 Å². The molecule has 0 aliphatic carbocycles. The van der Waals surface area contributed by atoms with Crippen LogP contribution in [0.4, 0.5) is 0 Å². The van der Waals surface area contributed by atoms with Gasteiger partial charge in [0, 0.05) is 10.2 Å². The molecule has 0 heterocycles. The van der Waals surface area contributed by atoms with Crippen LogP contribution in [0.2, 0.25) is 6.04 Å². The molecule has 0 aliphatic heterocycles. The van der Waals surface area contributed by atoms with Crippen LogP contribution < -0.4 is 0 Å². The van der Waals surface area contributed by atoms with Gasteiger partial charge in [0.2, 0.25) is 0 Å². The molecule has 1 nitrogen and oxygen atoms in total. The summed E-state index contributed by atoms with van der Waals surface area (Å²) in [7, 11) is 5.64. The lowest BCUT2D eigenvalue weighted by molar-refractivity contribution is 0.398. The first-order valence-corrected chi connectivity index (χ1v) is 4.83. The first-order valence-electron chi connectivity index (χ1n) is 3.42. The van der Waals surface area contributed by atoms with Gasteiger partial charge in [0.25, 0.3) is 0 Å². The zero-order valence-electron chi connectivity index (χ0n) is 6.28. The van der Waals surface area contributed by atoms with Gasteiger partial charge in [0.15, 0.2) is 0 Å². The lowest BCUT2D eigenvalue weighted by atomic mass is 10.3. The largest absolute Gasteiger partial charge is 0.309 e. The zero-order chi connectivity index (χ0) is 6.41. The summed E-state index contributed by atoms with van der Waals surface area (Å²) in [6.07, 6.45) is 2.82. The summed E-state index contributed by atoms with van der Waals surface area (Å²) in [6, 6.07) is 1.47. The highest BCUT2D eigenvalue weighted by molar-refractivity contribution is 6.08. The van der Waals surface area contributed by atoms with Gasteiger partial charge in [-0.1, -0.05) is 12.5 Å². The van der Waals surface area contributed by atoms with Crippen molar-refractivity contribution in [2.24, 2.45) is 0 Å². The SMILES string of the molecule is CN(C)CCCC[SiH3]. The van der Waals surface area contributed by atoms with Crippen molar-refractivity contribution in [2.45, 2.75) is 18.9 Å². The highest BCUT2D eigenvalue weighted by atomic mass is 28.1. The summed E-state index contributed by atoms with van der Waals surface area (Å²) in [5.74, 6) is 0. The maximum atomic E-state index is 2.25. The minimum absolute atomic E-state index is 1.27. The van der Waals surface area contributed by atoms with Crippen molar-refractivity contribution < 1.29 is 0 Å². The summed E-state index contributed by atoms with van der Waals surface area (Å²) in [4.78, 5) is 2.25. The van der Waals surface area contributed by atoms with Crippen molar-refractivity contribution in [3.05, 3.63) is 0 Å². The third kappa shape index (κ3) is 6.18. The van der Waals surface area contributed by atoms with Crippen molar-refractivity contribution >= 4 is 10.2 Å². The van der Waals surface area contributed by atoms with Crippen molar-refractivity contribution in [1.29, 1.82) is 0 Å². The second kappa shape index (κ2) is 5.32. The predicted octanol–water partition coefficient (Wildman–Crippen LogP) is 0.112. The molecule has 0 spiro atoms. The Morgan fingerprint density at radius 2 is 1.88 bits per heavy atom. The van der Waals surface area contributed by atoms with Crippen molar-refractivity contribution in [1.82, 2.24) is 4.90 Å². The molecule has 0 atom stereocenters. The van der Waals surface area contributed by atoms with E-state index in [0.717, 1.165) is 0 Å². The van der Waals surface area contributed by atoms with Crippen molar-refractivity contribution in [2.75, 3.05) is 20.6 Å². The average Bonchev–Trinajstić information content (AvgIpc) is 1.66. The Morgan fingerprint density at radius 3 is 2.25 bits per heavy atom. The molecule has 0 rings (SSSR count). The summed E-state index contributed by atoms with van der Waals surface area (Å²) < 4.78 is 0. The molecule has 0 aromatic rings. The monoisotopic (exact) mass is 131 g/mol. The van der Waals surface area contributed by atoms with Crippen LogP contribution in [0.25, 0.3) is 0 Å². The Morgan fingerprint density at radius 1 is 1.25 bits per heavy atom.